The molecule has 0 aliphatic rings. The van der Waals surface area contributed by atoms with Crippen molar-refractivity contribution in [1.29, 1.82) is 5.26 Å². The Bertz CT molecular complexity index is 1040. The molecule has 1 aromatic carbocycles. The molecule has 9 heteroatoms. The van der Waals surface area contributed by atoms with E-state index in [9.17, 15) is 0 Å². The van der Waals surface area contributed by atoms with Crippen LogP contribution in [0.1, 0.15) is 5.69 Å². The third-order valence-electron chi connectivity index (χ3n) is 3.18. The monoisotopic (exact) mass is 291 g/mol. The van der Waals surface area contributed by atoms with Crippen molar-refractivity contribution in [1.82, 2.24) is 29.5 Å². The van der Waals surface area contributed by atoms with Gasteiger partial charge < -0.3 is 16.0 Å². The van der Waals surface area contributed by atoms with E-state index in [0.29, 0.717) is 5.65 Å². The number of aromatic amines is 1. The Labute approximate surface area is 123 Å². The van der Waals surface area contributed by atoms with Gasteiger partial charge in [0.15, 0.2) is 17.2 Å². The minimum Gasteiger partial charge on any atom is -0.380 e. The molecule has 9 nitrogen and oxygen atoms in total. The van der Waals surface area contributed by atoms with Crippen LogP contribution in [0.5, 0.6) is 0 Å². The highest BCUT2D eigenvalue weighted by molar-refractivity contribution is 5.79. The number of nitrogens with two attached hydrogens (primary N) is 1. The zero-order chi connectivity index (χ0) is 15.1. The summed E-state index contributed by atoms with van der Waals surface area (Å²) in [5, 5.41) is 16.3. The summed E-state index contributed by atoms with van der Waals surface area (Å²) in [6.45, 7) is 0. The van der Waals surface area contributed by atoms with Crippen LogP contribution in [0.15, 0.2) is 30.7 Å². The van der Waals surface area contributed by atoms with Crippen molar-refractivity contribution in [3.8, 4) is 6.07 Å². The lowest BCUT2D eigenvalue weighted by molar-refractivity contribution is 0.899. The first-order valence-corrected chi connectivity index (χ1v) is 6.36. The molecule has 0 bridgehead atoms. The Balaban J connectivity index is 1.78. The molecule has 0 atom stereocenters. The molecule has 0 aliphatic carbocycles. The number of fused-ring (bicyclic) bond motifs is 2. The van der Waals surface area contributed by atoms with E-state index < -0.39 is 0 Å². The van der Waals surface area contributed by atoms with Gasteiger partial charge >= 0.3 is 0 Å². The highest BCUT2D eigenvalue weighted by Crippen LogP contribution is 2.20. The molecular formula is C13H9N9. The number of nitrogens with one attached hydrogen (secondary N) is 2. The van der Waals surface area contributed by atoms with E-state index in [1.54, 1.807) is 6.33 Å². The number of nitrogens with zero attached hydrogens (tertiary/aromatic N) is 6. The van der Waals surface area contributed by atoms with Crippen LogP contribution >= 0.6 is 0 Å². The van der Waals surface area contributed by atoms with E-state index in [-0.39, 0.29) is 17.5 Å². The van der Waals surface area contributed by atoms with Crippen LogP contribution < -0.4 is 11.1 Å². The van der Waals surface area contributed by atoms with Crippen LogP contribution in [0.3, 0.4) is 0 Å². The number of nitriles is 1. The van der Waals surface area contributed by atoms with Crippen LogP contribution in [0.25, 0.3) is 16.7 Å². The molecular weight excluding hydrogens is 282 g/mol. The molecule has 0 saturated carbocycles. The van der Waals surface area contributed by atoms with Crippen LogP contribution in [0.2, 0.25) is 0 Å². The van der Waals surface area contributed by atoms with Gasteiger partial charge in [0.25, 0.3) is 0 Å². The number of imidazole rings is 2. The second-order valence-electron chi connectivity index (χ2n) is 4.57. The number of anilines is 3. The zero-order valence-electron chi connectivity index (χ0n) is 11.1. The van der Waals surface area contributed by atoms with Crippen molar-refractivity contribution >= 4 is 34.1 Å². The Morgan fingerprint density at radius 2 is 2.23 bits per heavy atom. The van der Waals surface area contributed by atoms with Gasteiger partial charge in [-0.15, -0.1) is 5.10 Å². The number of H-pyrrole nitrogens is 1. The molecule has 4 rings (SSSR count). The van der Waals surface area contributed by atoms with Crippen LogP contribution in [-0.4, -0.2) is 29.5 Å². The number of benzene rings is 1. The first-order chi connectivity index (χ1) is 10.7. The molecule has 4 N–H and O–H groups in total. The molecule has 0 saturated heterocycles. The molecule has 3 heterocycles. The van der Waals surface area contributed by atoms with E-state index in [0.717, 1.165) is 16.7 Å². The first kappa shape index (κ1) is 12.1. The largest absolute Gasteiger partial charge is 0.380 e. The van der Waals surface area contributed by atoms with Crippen LogP contribution in [-0.2, 0) is 0 Å². The number of aromatic nitrogens is 6. The summed E-state index contributed by atoms with van der Waals surface area (Å²) in [6, 6.07) is 7.62. The standard InChI is InChI=1S/C13H9N9/c14-4-8-5-16-12-11(15)20-13(21-22(8)12)19-7-1-2-9-10(3-7)18-6-17-9/h1-3,5-6H,(H,17,18)(H3,15,19,20,21). The third kappa shape index (κ3) is 1.79. The van der Waals surface area contributed by atoms with Gasteiger partial charge in [0.2, 0.25) is 5.95 Å². The number of rotatable bonds is 2. The van der Waals surface area contributed by atoms with Crippen LogP contribution in [0.4, 0.5) is 17.5 Å². The Morgan fingerprint density at radius 1 is 1.32 bits per heavy atom. The third-order valence-corrected chi connectivity index (χ3v) is 3.18. The molecule has 0 radical (unpaired) electrons. The van der Waals surface area contributed by atoms with E-state index >= 15 is 0 Å². The second kappa shape index (κ2) is 4.42. The quantitative estimate of drug-likeness (QED) is 0.505. The summed E-state index contributed by atoms with van der Waals surface area (Å²) in [4.78, 5) is 15.4. The maximum atomic E-state index is 9.05. The van der Waals surface area contributed by atoms with Crippen molar-refractivity contribution < 1.29 is 0 Å². The van der Waals surface area contributed by atoms with Gasteiger partial charge in [0.1, 0.15) is 6.07 Å². The summed E-state index contributed by atoms with van der Waals surface area (Å²) in [6.07, 6.45) is 3.03. The van der Waals surface area contributed by atoms with Crippen LogP contribution in [0, 0.1) is 11.3 Å². The molecule has 22 heavy (non-hydrogen) atoms. The van der Waals surface area contributed by atoms with Gasteiger partial charge in [0, 0.05) is 5.69 Å². The van der Waals surface area contributed by atoms with E-state index in [1.807, 2.05) is 24.3 Å². The SMILES string of the molecule is N#Cc1cnc2c(N)nc(Nc3ccc4[nH]cnc4c3)nn12. The van der Waals surface area contributed by atoms with Gasteiger partial charge in [-0.25, -0.2) is 9.97 Å². The summed E-state index contributed by atoms with van der Waals surface area (Å²) < 4.78 is 1.36. The molecule has 0 unspecified atom stereocenters. The Morgan fingerprint density at radius 3 is 3.09 bits per heavy atom. The number of hydrogen-bond donors (Lipinski definition) is 3. The van der Waals surface area contributed by atoms with Gasteiger partial charge in [-0.1, -0.05) is 0 Å². The first-order valence-electron chi connectivity index (χ1n) is 6.36. The van der Waals surface area contributed by atoms with Gasteiger partial charge in [-0.2, -0.15) is 14.8 Å². The Hall–Kier alpha value is -3.67. The molecule has 106 valence electrons. The minimum absolute atomic E-state index is 0.194. The highest BCUT2D eigenvalue weighted by Gasteiger charge is 2.11. The van der Waals surface area contributed by atoms with Gasteiger partial charge in [-0.3, -0.25) is 0 Å². The molecule has 0 amide bonds. The average molecular weight is 291 g/mol. The fourth-order valence-corrected chi connectivity index (χ4v) is 2.17. The smallest absolute Gasteiger partial charge is 0.247 e. The van der Waals surface area contributed by atoms with Crippen molar-refractivity contribution in [3.63, 3.8) is 0 Å². The second-order valence-corrected chi connectivity index (χ2v) is 4.57. The fourth-order valence-electron chi connectivity index (χ4n) is 2.17. The maximum Gasteiger partial charge on any atom is 0.247 e. The normalized spacial score (nSPS) is 10.9. The lowest BCUT2D eigenvalue weighted by Crippen LogP contribution is -2.07. The van der Waals surface area contributed by atoms with Crippen molar-refractivity contribution in [3.05, 3.63) is 36.4 Å². The fraction of sp³-hybridized carbons (Fsp3) is 0. The number of nitrogen functional groups attached to an aromatic ring is 1. The molecule has 4 aromatic rings. The van der Waals surface area contributed by atoms with E-state index in [1.165, 1.54) is 10.7 Å². The Kier molecular flexibility index (Phi) is 2.43. The predicted molar refractivity (Wildman–Crippen MR) is 79.3 cm³/mol. The maximum absolute atomic E-state index is 9.05. The summed E-state index contributed by atoms with van der Waals surface area (Å²) in [7, 11) is 0. The zero-order valence-corrected chi connectivity index (χ0v) is 11.1. The van der Waals surface area contributed by atoms with E-state index in [4.69, 9.17) is 11.0 Å². The lowest BCUT2D eigenvalue weighted by Gasteiger charge is -2.06. The number of hydrogen-bond acceptors (Lipinski definition) is 7. The highest BCUT2D eigenvalue weighted by atomic mass is 15.3. The van der Waals surface area contributed by atoms with Crippen molar-refractivity contribution in [2.24, 2.45) is 0 Å². The van der Waals surface area contributed by atoms with Gasteiger partial charge in [-0.05, 0) is 18.2 Å². The van der Waals surface area contributed by atoms with Crippen molar-refractivity contribution in [2.45, 2.75) is 0 Å². The van der Waals surface area contributed by atoms with Gasteiger partial charge in [0.05, 0.1) is 23.6 Å². The lowest BCUT2D eigenvalue weighted by atomic mass is 10.3. The summed E-state index contributed by atoms with van der Waals surface area (Å²) >= 11 is 0. The summed E-state index contributed by atoms with van der Waals surface area (Å²) in [5.74, 6) is 0.467. The topological polar surface area (TPSA) is 134 Å². The molecule has 0 fully saturated rings. The average Bonchev–Trinajstić information content (AvgIpc) is 3.13. The molecule has 0 aliphatic heterocycles. The molecule has 0 spiro atoms. The minimum atomic E-state index is 0.194. The van der Waals surface area contributed by atoms with Crippen molar-refractivity contribution in [2.75, 3.05) is 11.1 Å². The van der Waals surface area contributed by atoms with E-state index in [2.05, 4.69) is 30.4 Å². The molecule has 3 aromatic heterocycles. The summed E-state index contributed by atoms with van der Waals surface area (Å²) in [5.41, 5.74) is 9.00. The predicted octanol–water partition coefficient (Wildman–Crippen LogP) is 1.20.